The van der Waals surface area contributed by atoms with Gasteiger partial charge in [-0.15, -0.1) is 6.42 Å². The Labute approximate surface area is 132 Å². The monoisotopic (exact) mass is 322 g/mol. The van der Waals surface area contributed by atoms with Crippen molar-refractivity contribution in [2.24, 2.45) is 0 Å². The molecule has 0 saturated heterocycles. The molecular weight excluding hydrogens is 295 g/mol. The van der Waals surface area contributed by atoms with E-state index in [9.17, 15) is 4.39 Å². The predicted octanol–water partition coefficient (Wildman–Crippen LogP) is 0.689. The maximum atomic E-state index is 11.7. The highest BCUT2D eigenvalue weighted by Gasteiger charge is 1.93. The molecule has 0 aliphatic carbocycles. The van der Waals surface area contributed by atoms with Gasteiger partial charge in [0.25, 0.3) is 0 Å². The van der Waals surface area contributed by atoms with Crippen molar-refractivity contribution in [1.82, 2.24) is 0 Å². The Morgan fingerprint density at radius 1 is 0.545 bits per heavy atom. The minimum absolute atomic E-state index is 0.124. The van der Waals surface area contributed by atoms with E-state index in [1.165, 1.54) is 0 Å². The van der Waals surface area contributed by atoms with Crippen molar-refractivity contribution < 1.29 is 32.8 Å². The first-order valence-corrected chi connectivity index (χ1v) is 7.37. The first-order chi connectivity index (χ1) is 10.9. The number of halogens is 1. The van der Waals surface area contributed by atoms with E-state index in [1.807, 2.05) is 0 Å². The first-order valence-electron chi connectivity index (χ1n) is 7.37. The van der Waals surface area contributed by atoms with Crippen LogP contribution in [0.1, 0.15) is 0 Å². The molecule has 6 nitrogen and oxygen atoms in total. The van der Waals surface area contributed by atoms with Gasteiger partial charge in [-0.3, -0.25) is 0 Å². The van der Waals surface area contributed by atoms with Gasteiger partial charge in [0.2, 0.25) is 0 Å². The van der Waals surface area contributed by atoms with Crippen LogP contribution < -0.4 is 0 Å². The van der Waals surface area contributed by atoms with E-state index < -0.39 is 6.67 Å². The van der Waals surface area contributed by atoms with E-state index in [0.717, 1.165) is 0 Å². The standard InChI is InChI=1S/C15H27FO6/c1-2-4-17-6-8-19-10-12-21-14-15-22-13-11-20-9-7-18-5-3-16/h1H,3-15H2. The molecule has 0 aliphatic heterocycles. The summed E-state index contributed by atoms with van der Waals surface area (Å²) in [6.45, 7) is 4.85. The zero-order valence-corrected chi connectivity index (χ0v) is 13.1. The van der Waals surface area contributed by atoms with Gasteiger partial charge in [0, 0.05) is 0 Å². The molecule has 0 amide bonds. The molecular formula is C15H27FO6. The fourth-order valence-electron chi connectivity index (χ4n) is 1.29. The van der Waals surface area contributed by atoms with Gasteiger partial charge in [0.1, 0.15) is 13.3 Å². The molecule has 0 spiro atoms. The third-order valence-electron chi connectivity index (χ3n) is 2.27. The largest absolute Gasteiger partial charge is 0.377 e. The average molecular weight is 322 g/mol. The highest BCUT2D eigenvalue weighted by molar-refractivity contribution is 4.82. The van der Waals surface area contributed by atoms with Crippen molar-refractivity contribution in [3.8, 4) is 12.3 Å². The molecule has 0 aromatic rings. The van der Waals surface area contributed by atoms with Gasteiger partial charge in [-0.2, -0.15) is 0 Å². The highest BCUT2D eigenvalue weighted by Crippen LogP contribution is 1.84. The van der Waals surface area contributed by atoms with Crippen LogP contribution in [0.15, 0.2) is 0 Å². The van der Waals surface area contributed by atoms with E-state index in [1.54, 1.807) is 0 Å². The molecule has 0 bridgehead atoms. The summed E-state index contributed by atoms with van der Waals surface area (Å²) in [5.41, 5.74) is 0. The van der Waals surface area contributed by atoms with Gasteiger partial charge in [0.15, 0.2) is 0 Å². The van der Waals surface area contributed by atoms with Crippen LogP contribution in [-0.2, 0) is 28.4 Å². The normalized spacial score (nSPS) is 10.7. The second-order valence-electron chi connectivity index (χ2n) is 4.01. The second-order valence-corrected chi connectivity index (χ2v) is 4.01. The van der Waals surface area contributed by atoms with Gasteiger partial charge in [-0.1, -0.05) is 5.92 Å². The molecule has 0 radical (unpaired) electrons. The predicted molar refractivity (Wildman–Crippen MR) is 79.7 cm³/mol. The number of rotatable bonds is 18. The Kier molecular flexibility index (Phi) is 19.6. The molecule has 0 atom stereocenters. The van der Waals surface area contributed by atoms with Crippen LogP contribution in [0.3, 0.4) is 0 Å². The molecule has 0 N–H and O–H groups in total. The summed E-state index contributed by atoms with van der Waals surface area (Å²) >= 11 is 0. The van der Waals surface area contributed by atoms with E-state index >= 15 is 0 Å². The molecule has 0 fully saturated rings. The van der Waals surface area contributed by atoms with Gasteiger partial charge in [-0.05, 0) is 0 Å². The van der Waals surface area contributed by atoms with E-state index in [0.29, 0.717) is 72.7 Å². The second kappa shape index (κ2) is 20.2. The van der Waals surface area contributed by atoms with Crippen LogP contribution in [-0.4, -0.2) is 86.0 Å². The van der Waals surface area contributed by atoms with E-state index in [2.05, 4.69) is 5.92 Å². The lowest BCUT2D eigenvalue weighted by molar-refractivity contribution is -0.0160. The summed E-state index contributed by atoms with van der Waals surface area (Å²) in [5, 5.41) is 0. The quantitative estimate of drug-likeness (QED) is 0.273. The zero-order chi connectivity index (χ0) is 16.1. The molecule has 0 unspecified atom stereocenters. The summed E-state index contributed by atoms with van der Waals surface area (Å²) in [5.74, 6) is 2.38. The van der Waals surface area contributed by atoms with Crippen molar-refractivity contribution in [1.29, 1.82) is 0 Å². The Balaban J connectivity index is 2.93. The van der Waals surface area contributed by atoms with Crippen molar-refractivity contribution in [2.75, 3.05) is 86.0 Å². The molecule has 0 aromatic heterocycles. The van der Waals surface area contributed by atoms with E-state index in [-0.39, 0.29) is 6.61 Å². The van der Waals surface area contributed by atoms with Crippen molar-refractivity contribution in [2.45, 2.75) is 0 Å². The van der Waals surface area contributed by atoms with Crippen LogP contribution in [0.5, 0.6) is 0 Å². The van der Waals surface area contributed by atoms with Gasteiger partial charge < -0.3 is 28.4 Å². The third kappa shape index (κ3) is 19.2. The number of alkyl halides is 1. The summed E-state index contributed by atoms with van der Waals surface area (Å²) in [6, 6.07) is 0. The minimum Gasteiger partial charge on any atom is -0.377 e. The average Bonchev–Trinajstić information content (AvgIpc) is 2.54. The Morgan fingerprint density at radius 3 is 1.18 bits per heavy atom. The van der Waals surface area contributed by atoms with Gasteiger partial charge in [0.05, 0.1) is 72.7 Å². The lowest BCUT2D eigenvalue weighted by Crippen LogP contribution is -2.14. The number of hydrogen-bond acceptors (Lipinski definition) is 6. The van der Waals surface area contributed by atoms with Crippen LogP contribution in [0.4, 0.5) is 4.39 Å². The van der Waals surface area contributed by atoms with Crippen molar-refractivity contribution >= 4 is 0 Å². The van der Waals surface area contributed by atoms with Crippen LogP contribution in [0.25, 0.3) is 0 Å². The lowest BCUT2D eigenvalue weighted by atomic mass is 10.6. The zero-order valence-electron chi connectivity index (χ0n) is 13.1. The molecule has 22 heavy (non-hydrogen) atoms. The highest BCUT2D eigenvalue weighted by atomic mass is 19.1. The maximum Gasteiger partial charge on any atom is 0.113 e. The van der Waals surface area contributed by atoms with Gasteiger partial charge in [-0.25, -0.2) is 4.39 Å². The third-order valence-corrected chi connectivity index (χ3v) is 2.27. The maximum absolute atomic E-state index is 11.7. The Bertz CT molecular complexity index is 247. The molecule has 0 rings (SSSR count). The number of terminal acetylenes is 1. The fourth-order valence-corrected chi connectivity index (χ4v) is 1.29. The Morgan fingerprint density at radius 2 is 0.864 bits per heavy atom. The fraction of sp³-hybridized carbons (Fsp3) is 0.867. The SMILES string of the molecule is C#CCOCCOCCOCCOCCOCCOCCF. The summed E-state index contributed by atoms with van der Waals surface area (Å²) < 4.78 is 42.7. The van der Waals surface area contributed by atoms with Crippen molar-refractivity contribution in [3.63, 3.8) is 0 Å². The van der Waals surface area contributed by atoms with Crippen LogP contribution >= 0.6 is 0 Å². The first kappa shape index (κ1) is 21.2. The molecule has 7 heteroatoms. The lowest BCUT2D eigenvalue weighted by Gasteiger charge is -2.07. The summed E-state index contributed by atoms with van der Waals surface area (Å²) in [6.07, 6.45) is 5.03. The van der Waals surface area contributed by atoms with Crippen molar-refractivity contribution in [3.05, 3.63) is 0 Å². The van der Waals surface area contributed by atoms with Crippen LogP contribution in [0, 0.1) is 12.3 Å². The smallest absolute Gasteiger partial charge is 0.113 e. The van der Waals surface area contributed by atoms with Crippen LogP contribution in [0.2, 0.25) is 0 Å². The number of ether oxygens (including phenoxy) is 6. The molecule has 130 valence electrons. The van der Waals surface area contributed by atoms with Gasteiger partial charge >= 0.3 is 0 Å². The minimum atomic E-state index is -0.465. The summed E-state index contributed by atoms with van der Waals surface area (Å²) in [7, 11) is 0. The summed E-state index contributed by atoms with van der Waals surface area (Å²) in [4.78, 5) is 0. The molecule has 0 aromatic carbocycles. The Hall–Kier alpha value is -0.750. The molecule has 0 saturated carbocycles. The molecule has 0 heterocycles. The van der Waals surface area contributed by atoms with E-state index in [4.69, 9.17) is 34.8 Å². The topological polar surface area (TPSA) is 55.4 Å². The molecule has 0 aliphatic rings. The number of hydrogen-bond donors (Lipinski definition) is 0.